The van der Waals surface area contributed by atoms with Crippen LogP contribution in [0.1, 0.15) is 23.9 Å². The highest BCUT2D eigenvalue weighted by Crippen LogP contribution is 2.22. The SMILES string of the molecule is CCc1ccc(OCc2nc3ccccc3n2CCOc2ccc(Cl)c(C)c2)cc1. The molecule has 0 fully saturated rings. The van der Waals surface area contributed by atoms with Crippen molar-refractivity contribution in [2.75, 3.05) is 6.61 Å². The maximum Gasteiger partial charge on any atom is 0.148 e. The summed E-state index contributed by atoms with van der Waals surface area (Å²) in [5, 5.41) is 0.745. The number of benzene rings is 3. The van der Waals surface area contributed by atoms with E-state index in [1.165, 1.54) is 5.56 Å². The molecule has 154 valence electrons. The van der Waals surface area contributed by atoms with Gasteiger partial charge in [-0.1, -0.05) is 42.8 Å². The molecule has 1 heterocycles. The van der Waals surface area contributed by atoms with Gasteiger partial charge in [0.25, 0.3) is 0 Å². The highest BCUT2D eigenvalue weighted by atomic mass is 35.5. The molecule has 3 aromatic carbocycles. The third-order valence-corrected chi connectivity index (χ3v) is 5.57. The van der Waals surface area contributed by atoms with Gasteiger partial charge in [-0.15, -0.1) is 0 Å². The zero-order valence-corrected chi connectivity index (χ0v) is 18.0. The van der Waals surface area contributed by atoms with Gasteiger partial charge in [0.05, 0.1) is 17.6 Å². The molecular formula is C25H25ClN2O2. The molecule has 4 nitrogen and oxygen atoms in total. The number of para-hydroxylation sites is 2. The number of aryl methyl sites for hydroxylation is 2. The number of hydrogen-bond acceptors (Lipinski definition) is 3. The van der Waals surface area contributed by atoms with Gasteiger partial charge in [-0.25, -0.2) is 4.98 Å². The van der Waals surface area contributed by atoms with Crippen LogP contribution in [0.5, 0.6) is 11.5 Å². The lowest BCUT2D eigenvalue weighted by Gasteiger charge is -2.12. The standard InChI is InChI=1S/C25H25ClN2O2/c1-3-19-8-10-20(11-9-19)30-17-25-27-23-6-4-5-7-24(23)28(25)14-15-29-21-12-13-22(26)18(2)16-21/h4-13,16H,3,14-15,17H2,1-2H3. The second-order valence-electron chi connectivity index (χ2n) is 7.21. The van der Waals surface area contributed by atoms with Crippen molar-refractivity contribution in [3.05, 3.63) is 88.7 Å². The molecule has 0 atom stereocenters. The van der Waals surface area contributed by atoms with E-state index in [4.69, 9.17) is 26.1 Å². The summed E-state index contributed by atoms with van der Waals surface area (Å²) in [5.41, 5.74) is 4.34. The van der Waals surface area contributed by atoms with Crippen molar-refractivity contribution in [2.45, 2.75) is 33.4 Å². The van der Waals surface area contributed by atoms with Crippen LogP contribution in [-0.4, -0.2) is 16.2 Å². The quantitative estimate of drug-likeness (QED) is 0.339. The third kappa shape index (κ3) is 4.60. The molecule has 1 aromatic heterocycles. The number of fused-ring (bicyclic) bond motifs is 1. The lowest BCUT2D eigenvalue weighted by molar-refractivity contribution is 0.272. The predicted molar refractivity (Wildman–Crippen MR) is 122 cm³/mol. The number of halogens is 1. The number of aromatic nitrogens is 2. The van der Waals surface area contributed by atoms with Crippen LogP contribution in [0.3, 0.4) is 0 Å². The molecule has 0 saturated heterocycles. The summed E-state index contributed by atoms with van der Waals surface area (Å²) in [5.74, 6) is 2.54. The minimum Gasteiger partial charge on any atom is -0.492 e. The molecule has 30 heavy (non-hydrogen) atoms. The van der Waals surface area contributed by atoms with Crippen LogP contribution in [0.15, 0.2) is 66.7 Å². The minimum atomic E-state index is 0.403. The smallest absolute Gasteiger partial charge is 0.148 e. The van der Waals surface area contributed by atoms with Crippen LogP contribution in [-0.2, 0) is 19.6 Å². The molecule has 0 spiro atoms. The highest BCUT2D eigenvalue weighted by Gasteiger charge is 2.11. The number of hydrogen-bond donors (Lipinski definition) is 0. The van der Waals surface area contributed by atoms with Crippen molar-refractivity contribution >= 4 is 22.6 Å². The predicted octanol–water partition coefficient (Wildman–Crippen LogP) is 6.22. The molecule has 0 amide bonds. The maximum absolute atomic E-state index is 6.10. The van der Waals surface area contributed by atoms with E-state index in [1.807, 2.05) is 55.5 Å². The Morgan fingerprint density at radius 3 is 2.47 bits per heavy atom. The third-order valence-electron chi connectivity index (χ3n) is 5.15. The van der Waals surface area contributed by atoms with Gasteiger partial charge in [-0.2, -0.15) is 0 Å². The van der Waals surface area contributed by atoms with E-state index in [-0.39, 0.29) is 0 Å². The first kappa shape index (κ1) is 20.3. The number of nitrogens with zero attached hydrogens (tertiary/aromatic N) is 2. The van der Waals surface area contributed by atoms with Crippen molar-refractivity contribution in [1.82, 2.24) is 9.55 Å². The van der Waals surface area contributed by atoms with E-state index in [9.17, 15) is 0 Å². The van der Waals surface area contributed by atoms with E-state index in [0.717, 1.165) is 45.4 Å². The lowest BCUT2D eigenvalue weighted by atomic mass is 10.2. The monoisotopic (exact) mass is 420 g/mol. The topological polar surface area (TPSA) is 36.3 Å². The van der Waals surface area contributed by atoms with Gasteiger partial charge in [-0.05, 0) is 66.9 Å². The van der Waals surface area contributed by atoms with Crippen LogP contribution >= 0.6 is 11.6 Å². The summed E-state index contributed by atoms with van der Waals surface area (Å²) in [6, 6.07) is 22.1. The summed E-state index contributed by atoms with van der Waals surface area (Å²) in [6.45, 7) is 5.72. The highest BCUT2D eigenvalue weighted by molar-refractivity contribution is 6.31. The van der Waals surface area contributed by atoms with E-state index in [1.54, 1.807) is 0 Å². The molecule has 0 radical (unpaired) electrons. The van der Waals surface area contributed by atoms with Gasteiger partial charge in [0.1, 0.15) is 30.5 Å². The minimum absolute atomic E-state index is 0.403. The number of ether oxygens (including phenoxy) is 2. The van der Waals surface area contributed by atoms with Crippen molar-refractivity contribution in [3.8, 4) is 11.5 Å². The summed E-state index contributed by atoms with van der Waals surface area (Å²) in [4.78, 5) is 4.78. The van der Waals surface area contributed by atoms with Gasteiger partial charge in [0.15, 0.2) is 0 Å². The molecule has 4 rings (SSSR count). The Morgan fingerprint density at radius 2 is 1.70 bits per heavy atom. The van der Waals surface area contributed by atoms with E-state index >= 15 is 0 Å². The Bertz CT molecular complexity index is 1140. The zero-order valence-electron chi connectivity index (χ0n) is 17.3. The molecule has 0 aliphatic heterocycles. The summed E-state index contributed by atoms with van der Waals surface area (Å²) >= 11 is 6.10. The summed E-state index contributed by atoms with van der Waals surface area (Å²) < 4.78 is 14.1. The van der Waals surface area contributed by atoms with Gasteiger partial charge < -0.3 is 14.0 Å². The fourth-order valence-corrected chi connectivity index (χ4v) is 3.53. The fraction of sp³-hybridized carbons (Fsp3) is 0.240. The Balaban J connectivity index is 1.48. The van der Waals surface area contributed by atoms with Crippen LogP contribution < -0.4 is 9.47 Å². The van der Waals surface area contributed by atoms with Gasteiger partial charge in [0.2, 0.25) is 0 Å². The van der Waals surface area contributed by atoms with E-state index in [2.05, 4.69) is 29.7 Å². The van der Waals surface area contributed by atoms with Crippen molar-refractivity contribution in [2.24, 2.45) is 0 Å². The van der Waals surface area contributed by atoms with Crippen molar-refractivity contribution in [3.63, 3.8) is 0 Å². The molecule has 0 N–H and O–H groups in total. The normalized spacial score (nSPS) is 11.0. The first-order valence-electron chi connectivity index (χ1n) is 10.2. The molecule has 0 unspecified atom stereocenters. The second kappa shape index (κ2) is 9.23. The zero-order chi connectivity index (χ0) is 20.9. The molecule has 5 heteroatoms. The molecule has 0 aliphatic rings. The maximum atomic E-state index is 6.10. The lowest BCUT2D eigenvalue weighted by Crippen LogP contribution is -2.13. The largest absolute Gasteiger partial charge is 0.492 e. The Hall–Kier alpha value is -2.98. The van der Waals surface area contributed by atoms with Crippen molar-refractivity contribution < 1.29 is 9.47 Å². The Labute approximate surface area is 182 Å². The fourth-order valence-electron chi connectivity index (χ4n) is 3.42. The molecule has 4 aromatic rings. The first-order valence-corrected chi connectivity index (χ1v) is 10.6. The Morgan fingerprint density at radius 1 is 0.933 bits per heavy atom. The summed E-state index contributed by atoms with van der Waals surface area (Å²) in [6.07, 6.45) is 1.02. The average Bonchev–Trinajstić information content (AvgIpc) is 3.13. The van der Waals surface area contributed by atoms with E-state index in [0.29, 0.717) is 19.8 Å². The number of imidazole rings is 1. The molecule has 0 saturated carbocycles. The molecular weight excluding hydrogens is 396 g/mol. The summed E-state index contributed by atoms with van der Waals surface area (Å²) in [7, 11) is 0. The number of rotatable bonds is 8. The van der Waals surface area contributed by atoms with Gasteiger partial charge >= 0.3 is 0 Å². The average molecular weight is 421 g/mol. The Kier molecular flexibility index (Phi) is 6.24. The van der Waals surface area contributed by atoms with Crippen LogP contribution in [0, 0.1) is 6.92 Å². The molecule has 0 bridgehead atoms. The molecule has 0 aliphatic carbocycles. The van der Waals surface area contributed by atoms with Gasteiger partial charge in [0, 0.05) is 5.02 Å². The van der Waals surface area contributed by atoms with Crippen LogP contribution in [0.25, 0.3) is 11.0 Å². The van der Waals surface area contributed by atoms with E-state index < -0.39 is 0 Å². The first-order chi connectivity index (χ1) is 14.6. The van der Waals surface area contributed by atoms with Crippen LogP contribution in [0.4, 0.5) is 0 Å². The second-order valence-corrected chi connectivity index (χ2v) is 7.62. The van der Waals surface area contributed by atoms with Crippen molar-refractivity contribution in [1.29, 1.82) is 0 Å². The van der Waals surface area contributed by atoms with Crippen LogP contribution in [0.2, 0.25) is 5.02 Å². The van der Waals surface area contributed by atoms with Gasteiger partial charge in [-0.3, -0.25) is 0 Å².